The molecule has 0 bridgehead atoms. The van der Waals surface area contributed by atoms with Crippen molar-refractivity contribution in [1.82, 2.24) is 14.1 Å². The molecule has 11 heteroatoms. The smallest absolute Gasteiger partial charge is 0.274 e. The predicted octanol–water partition coefficient (Wildman–Crippen LogP) is 0.793. The highest BCUT2D eigenvalue weighted by molar-refractivity contribution is 6.32. The standard InChI is InChI=1S/C20H16ClFN4O5/c1-2-7-24-18(29)23-19(30)26(20(24)31)14-9-15(13(22)8-12(14)21)25-16(27)10-5-3-4-6-11(10)17(25)28/h1,8-11H,3-7H2,(H,23,29,30). The Morgan fingerprint density at radius 2 is 1.65 bits per heavy atom. The fourth-order valence-electron chi connectivity index (χ4n) is 4.22. The van der Waals surface area contributed by atoms with E-state index in [0.717, 1.165) is 29.9 Å². The molecule has 160 valence electrons. The number of carbonyl (C=O) groups excluding carboxylic acids is 2. The van der Waals surface area contributed by atoms with E-state index in [1.165, 1.54) is 0 Å². The molecule has 2 heterocycles. The molecule has 0 radical (unpaired) electrons. The molecule has 2 aliphatic rings. The van der Waals surface area contributed by atoms with Crippen molar-refractivity contribution in [3.05, 3.63) is 54.4 Å². The summed E-state index contributed by atoms with van der Waals surface area (Å²) in [6, 6.07) is 1.78. The number of benzene rings is 1. The fourth-order valence-corrected chi connectivity index (χ4v) is 4.46. The number of nitrogens with zero attached hydrogens (tertiary/aromatic N) is 3. The van der Waals surface area contributed by atoms with E-state index in [4.69, 9.17) is 18.0 Å². The molecule has 9 nitrogen and oxygen atoms in total. The second kappa shape index (κ2) is 7.67. The lowest BCUT2D eigenvalue weighted by Gasteiger charge is -2.19. The van der Waals surface area contributed by atoms with Crippen molar-refractivity contribution in [2.24, 2.45) is 11.8 Å². The molecule has 2 amide bonds. The number of amides is 2. The summed E-state index contributed by atoms with van der Waals surface area (Å²) < 4.78 is 15.9. The second-order valence-electron chi connectivity index (χ2n) is 7.41. The van der Waals surface area contributed by atoms with Gasteiger partial charge in [-0.2, -0.15) is 0 Å². The number of carbonyl (C=O) groups is 2. The predicted molar refractivity (Wildman–Crippen MR) is 109 cm³/mol. The van der Waals surface area contributed by atoms with Crippen molar-refractivity contribution in [3.8, 4) is 18.0 Å². The second-order valence-corrected chi connectivity index (χ2v) is 7.82. The maximum absolute atomic E-state index is 14.8. The van der Waals surface area contributed by atoms with Crippen LogP contribution in [0.1, 0.15) is 25.7 Å². The average molecular weight is 447 g/mol. The Bertz CT molecular complexity index is 1310. The van der Waals surface area contributed by atoms with Gasteiger partial charge in [0.2, 0.25) is 11.8 Å². The van der Waals surface area contributed by atoms with Crippen molar-refractivity contribution in [3.63, 3.8) is 0 Å². The number of H-pyrrole nitrogens is 1. The largest absolute Gasteiger partial charge is 0.341 e. The van der Waals surface area contributed by atoms with Crippen LogP contribution in [0, 0.1) is 30.0 Å². The topological polar surface area (TPSA) is 114 Å². The highest BCUT2D eigenvalue weighted by Gasteiger charge is 2.49. The molecule has 2 aromatic rings. The number of nitrogens with one attached hydrogen (secondary N) is 1. The number of imide groups is 1. The van der Waals surface area contributed by atoms with Gasteiger partial charge in [0, 0.05) is 0 Å². The van der Waals surface area contributed by atoms with Crippen LogP contribution < -0.4 is 22.0 Å². The zero-order chi connectivity index (χ0) is 22.4. The Morgan fingerprint density at radius 3 is 2.23 bits per heavy atom. The maximum atomic E-state index is 14.8. The molecular formula is C20H16ClFN4O5. The molecule has 2 atom stereocenters. The molecule has 1 saturated carbocycles. The van der Waals surface area contributed by atoms with Gasteiger partial charge in [0.25, 0.3) is 0 Å². The molecule has 2 unspecified atom stereocenters. The monoisotopic (exact) mass is 446 g/mol. The lowest BCUT2D eigenvalue weighted by atomic mass is 9.81. The first-order valence-electron chi connectivity index (χ1n) is 9.53. The Morgan fingerprint density at radius 1 is 1.03 bits per heavy atom. The normalized spacial score (nSPS) is 20.6. The number of aromatic amines is 1. The highest BCUT2D eigenvalue weighted by atomic mass is 35.5. The Balaban J connectivity index is 1.91. The van der Waals surface area contributed by atoms with Gasteiger partial charge in [-0.3, -0.25) is 14.6 Å². The number of hydrogen-bond acceptors (Lipinski definition) is 5. The van der Waals surface area contributed by atoms with Gasteiger partial charge in [0.05, 0.1) is 34.8 Å². The molecule has 1 aromatic carbocycles. The van der Waals surface area contributed by atoms with Gasteiger partial charge < -0.3 is 0 Å². The zero-order valence-corrected chi connectivity index (χ0v) is 16.8. The van der Waals surface area contributed by atoms with Gasteiger partial charge in [0.1, 0.15) is 5.82 Å². The number of fused-ring (bicyclic) bond motifs is 1. The van der Waals surface area contributed by atoms with E-state index in [0.29, 0.717) is 22.0 Å². The fraction of sp³-hybridized carbons (Fsp3) is 0.350. The van der Waals surface area contributed by atoms with Gasteiger partial charge in [-0.25, -0.2) is 32.8 Å². The first-order valence-corrected chi connectivity index (χ1v) is 9.91. The van der Waals surface area contributed by atoms with E-state index in [-0.39, 0.29) is 10.7 Å². The molecule has 1 saturated heterocycles. The summed E-state index contributed by atoms with van der Waals surface area (Å²) in [5.41, 5.74) is -3.96. The van der Waals surface area contributed by atoms with Crippen molar-refractivity contribution in [1.29, 1.82) is 0 Å². The van der Waals surface area contributed by atoms with E-state index in [1.807, 2.05) is 4.98 Å². The Kier molecular flexibility index (Phi) is 5.15. The van der Waals surface area contributed by atoms with Crippen LogP contribution in [0.15, 0.2) is 26.5 Å². The van der Waals surface area contributed by atoms with Crippen molar-refractivity contribution < 1.29 is 14.0 Å². The van der Waals surface area contributed by atoms with Gasteiger partial charge in [-0.05, 0) is 25.0 Å². The number of anilines is 1. The third-order valence-electron chi connectivity index (χ3n) is 5.67. The van der Waals surface area contributed by atoms with Crippen LogP contribution in [0.5, 0.6) is 0 Å². The van der Waals surface area contributed by atoms with Gasteiger partial charge >= 0.3 is 17.1 Å². The van der Waals surface area contributed by atoms with E-state index in [2.05, 4.69) is 5.92 Å². The molecule has 0 spiro atoms. The van der Waals surface area contributed by atoms with Crippen molar-refractivity contribution in [2.75, 3.05) is 4.90 Å². The third kappa shape index (κ3) is 3.21. The summed E-state index contributed by atoms with van der Waals surface area (Å²) in [5, 5.41) is -0.337. The summed E-state index contributed by atoms with van der Waals surface area (Å²) in [7, 11) is 0. The summed E-state index contributed by atoms with van der Waals surface area (Å²) in [6.45, 7) is -0.424. The van der Waals surface area contributed by atoms with Gasteiger partial charge in [-0.15, -0.1) is 6.42 Å². The highest BCUT2D eigenvalue weighted by Crippen LogP contribution is 2.41. The summed E-state index contributed by atoms with van der Waals surface area (Å²) in [6.07, 6.45) is 7.82. The minimum atomic E-state index is -1.13. The molecule has 1 aliphatic carbocycles. The lowest BCUT2D eigenvalue weighted by Crippen LogP contribution is -2.48. The zero-order valence-electron chi connectivity index (χ0n) is 16.1. The van der Waals surface area contributed by atoms with Crippen LogP contribution >= 0.6 is 11.6 Å². The van der Waals surface area contributed by atoms with Gasteiger partial charge in [-0.1, -0.05) is 30.4 Å². The quantitative estimate of drug-likeness (QED) is 0.553. The van der Waals surface area contributed by atoms with Gasteiger partial charge in [0.15, 0.2) is 0 Å². The van der Waals surface area contributed by atoms with Crippen LogP contribution in [-0.2, 0) is 16.1 Å². The first-order chi connectivity index (χ1) is 14.8. The molecule has 31 heavy (non-hydrogen) atoms. The van der Waals surface area contributed by atoms with E-state index >= 15 is 0 Å². The Labute approximate surface area is 179 Å². The number of hydrogen-bond donors (Lipinski definition) is 1. The molecule has 2 fully saturated rings. The number of halogens is 2. The number of terminal acetylenes is 1. The molecule has 4 rings (SSSR count). The maximum Gasteiger partial charge on any atom is 0.341 e. The summed E-state index contributed by atoms with van der Waals surface area (Å²) in [5.74, 6) is -0.946. The van der Waals surface area contributed by atoms with E-state index in [1.54, 1.807) is 0 Å². The minimum absolute atomic E-state index is 0.300. The van der Waals surface area contributed by atoms with E-state index in [9.17, 15) is 28.4 Å². The first kappa shape index (κ1) is 20.8. The molecule has 1 N–H and O–H groups in total. The molecule has 1 aromatic heterocycles. The molecular weight excluding hydrogens is 431 g/mol. The SMILES string of the molecule is C#CCn1c(=O)[nH]c(=O)n(-c2cc(N3C(=O)C4CCCCC4C3=O)c(F)cc2Cl)c1=O. The number of aromatic nitrogens is 3. The number of rotatable bonds is 3. The third-order valence-corrected chi connectivity index (χ3v) is 5.98. The Hall–Kier alpha value is -3.45. The van der Waals surface area contributed by atoms with Crippen molar-refractivity contribution >= 4 is 29.1 Å². The average Bonchev–Trinajstić information content (AvgIpc) is 2.97. The molecule has 1 aliphatic heterocycles. The summed E-state index contributed by atoms with van der Waals surface area (Å²) >= 11 is 6.08. The van der Waals surface area contributed by atoms with Crippen LogP contribution in [0.25, 0.3) is 5.69 Å². The lowest BCUT2D eigenvalue weighted by molar-refractivity contribution is -0.122. The van der Waals surface area contributed by atoms with E-state index < -0.39 is 58.8 Å². The van der Waals surface area contributed by atoms with Crippen LogP contribution in [0.3, 0.4) is 0 Å². The van der Waals surface area contributed by atoms with Crippen molar-refractivity contribution in [2.45, 2.75) is 32.2 Å². The van der Waals surface area contributed by atoms with Crippen LogP contribution in [0.4, 0.5) is 10.1 Å². The minimum Gasteiger partial charge on any atom is -0.274 e. The van der Waals surface area contributed by atoms with Crippen LogP contribution in [0.2, 0.25) is 5.02 Å². The summed E-state index contributed by atoms with van der Waals surface area (Å²) in [4.78, 5) is 65.4. The van der Waals surface area contributed by atoms with Crippen LogP contribution in [-0.4, -0.2) is 25.9 Å².